The van der Waals surface area contributed by atoms with Gasteiger partial charge in [-0.3, -0.25) is 0 Å². The normalized spacial score (nSPS) is 12.3. The van der Waals surface area contributed by atoms with E-state index in [1.54, 1.807) is 0 Å². The van der Waals surface area contributed by atoms with Gasteiger partial charge in [0.15, 0.2) is 0 Å². The van der Waals surface area contributed by atoms with Crippen LogP contribution in [0, 0.1) is 29.6 Å². The summed E-state index contributed by atoms with van der Waals surface area (Å²) in [6, 6.07) is 88.4. The molecule has 0 fully saturated rings. The van der Waals surface area contributed by atoms with Crippen LogP contribution < -0.4 is 26.0 Å². The number of ether oxygens (including phenoxy) is 1. The number of aromatic nitrogens is 2. The Hall–Kier alpha value is -10.3. The van der Waals surface area contributed by atoms with Gasteiger partial charge < -0.3 is 18.8 Å². The molecule has 0 bridgehead atoms. The quantitative estimate of drug-likeness (QED) is 0.156. The fourth-order valence-corrected chi connectivity index (χ4v) is 12.4. The summed E-state index contributed by atoms with van der Waals surface area (Å²) in [4.78, 5) is 2.44. The van der Waals surface area contributed by atoms with Crippen LogP contribution >= 0.6 is 0 Å². The lowest BCUT2D eigenvalue weighted by molar-refractivity contribution is 0.487. The second kappa shape index (κ2) is 16.9. The van der Waals surface area contributed by atoms with Gasteiger partial charge >= 0.3 is 0 Å². The minimum atomic E-state index is -0.197. The maximum Gasteiger partial charge on any atom is 0.256 e. The fourth-order valence-electron chi connectivity index (χ4n) is 12.4. The molecule has 76 heavy (non-hydrogen) atoms. The third kappa shape index (κ3) is 6.46. The largest absolute Gasteiger partial charge is 0.458 e. The maximum atomic E-state index is 10.5. The highest BCUT2D eigenvalue weighted by molar-refractivity contribution is 6.99. The summed E-state index contributed by atoms with van der Waals surface area (Å²) in [5.74, 6) is 1.58. The van der Waals surface area contributed by atoms with Crippen molar-refractivity contribution in [1.29, 1.82) is 10.5 Å². The first-order valence-corrected chi connectivity index (χ1v) is 25.6. The number of rotatable bonds is 6. The van der Waals surface area contributed by atoms with Gasteiger partial charge in [0.05, 0.1) is 62.4 Å². The predicted octanol–water partition coefficient (Wildman–Crippen LogP) is 15.3. The molecule has 2 aliphatic rings. The van der Waals surface area contributed by atoms with Gasteiger partial charge in [0, 0.05) is 49.6 Å². The van der Waals surface area contributed by atoms with Gasteiger partial charge in [0.25, 0.3) is 6.71 Å². The Balaban J connectivity index is 0.965. The third-order valence-electron chi connectivity index (χ3n) is 15.7. The molecule has 0 saturated carbocycles. The topological polar surface area (TPSA) is 69.9 Å². The van der Waals surface area contributed by atoms with Crippen LogP contribution in [0.5, 0.6) is 11.5 Å². The van der Waals surface area contributed by atoms with Crippen molar-refractivity contribution in [2.45, 2.75) is 6.92 Å². The monoisotopic (exact) mass is 967 g/mol. The summed E-state index contributed by atoms with van der Waals surface area (Å²) in [6.07, 6.45) is 0. The van der Waals surface area contributed by atoms with E-state index in [0.29, 0.717) is 11.1 Å². The van der Waals surface area contributed by atoms with Crippen LogP contribution in [0.25, 0.3) is 88.4 Å². The number of benzene rings is 11. The highest BCUT2D eigenvalue weighted by Crippen LogP contribution is 2.47. The molecule has 11 aromatic carbocycles. The van der Waals surface area contributed by atoms with Crippen molar-refractivity contribution < 1.29 is 4.74 Å². The lowest BCUT2D eigenvalue weighted by Gasteiger charge is -2.41. The summed E-state index contributed by atoms with van der Waals surface area (Å²) in [5, 5.41) is 25.5. The molecule has 0 N–H and O–H groups in total. The van der Waals surface area contributed by atoms with E-state index >= 15 is 0 Å². The van der Waals surface area contributed by atoms with Crippen molar-refractivity contribution in [1.82, 2.24) is 9.13 Å². The zero-order chi connectivity index (χ0) is 50.6. The van der Waals surface area contributed by atoms with Crippen molar-refractivity contribution in [3.8, 4) is 68.4 Å². The average Bonchev–Trinajstić information content (AvgIpc) is 4.01. The molecular formula is C69H42BN5O. The van der Waals surface area contributed by atoms with Gasteiger partial charge in [-0.15, -0.1) is 0 Å². The Kier molecular flexibility index (Phi) is 9.60. The van der Waals surface area contributed by atoms with Gasteiger partial charge in [-0.25, -0.2) is 0 Å². The van der Waals surface area contributed by atoms with Crippen molar-refractivity contribution in [2.75, 3.05) is 4.90 Å². The van der Waals surface area contributed by atoms with Crippen molar-refractivity contribution in [3.05, 3.63) is 253 Å². The first-order chi connectivity index (χ1) is 37.5. The summed E-state index contributed by atoms with van der Waals surface area (Å²) in [5.41, 5.74) is 21.1. The molecule has 0 aliphatic carbocycles. The van der Waals surface area contributed by atoms with Crippen LogP contribution in [0.1, 0.15) is 16.7 Å². The standard InChI is InChI=1S/C69H42BN5O/c1-43-35-66-69-68(36-43)76-67-40-48(55-38-45(42-72)28-34-64(55)74-61-25-13-8-20-52(61)53-21-9-14-26-62(53)74)30-32-57(67)70(69)56-31-29-47(39-65(56)75(66)58-22-10-5-17-49(58)46-15-3-2-4-16-46)54-37-44(41-71)27-33-63(54)73-59-23-11-6-18-50(59)51-19-7-12-24-60(51)73/h2-40H,1H3. The van der Waals surface area contributed by atoms with E-state index in [1.807, 2.05) is 24.3 Å². The van der Waals surface area contributed by atoms with Crippen LogP contribution in [0.4, 0.5) is 17.1 Å². The second-order valence-electron chi connectivity index (χ2n) is 19.9. The summed E-state index contributed by atoms with van der Waals surface area (Å²) in [7, 11) is 0. The molecule has 0 amide bonds. The first kappa shape index (κ1) is 43.3. The molecule has 2 aromatic heterocycles. The average molecular weight is 968 g/mol. The van der Waals surface area contributed by atoms with E-state index in [9.17, 15) is 10.5 Å². The molecule has 15 rings (SSSR count). The third-order valence-corrected chi connectivity index (χ3v) is 15.7. The SMILES string of the molecule is Cc1cc2c3c(c1)N(c1ccccc1-c1ccccc1)c1cc(-c4cc(C#N)ccc4-n4c5ccccc5c5ccccc54)ccc1B3c1ccc(-c3cc(C#N)ccc3-n3c4ccccc4c4ccccc43)cc1O2. The molecule has 0 saturated heterocycles. The lowest BCUT2D eigenvalue weighted by Crippen LogP contribution is -2.59. The molecular weight excluding hydrogens is 926 g/mol. The van der Waals surface area contributed by atoms with Crippen molar-refractivity contribution in [2.24, 2.45) is 0 Å². The van der Waals surface area contributed by atoms with E-state index in [-0.39, 0.29) is 6.71 Å². The van der Waals surface area contributed by atoms with Gasteiger partial charge in [0.1, 0.15) is 11.5 Å². The van der Waals surface area contributed by atoms with Crippen molar-refractivity contribution in [3.63, 3.8) is 0 Å². The van der Waals surface area contributed by atoms with Crippen LogP contribution in [0.2, 0.25) is 0 Å². The molecule has 0 radical (unpaired) electrons. The van der Waals surface area contributed by atoms with Gasteiger partial charge in [-0.1, -0.05) is 146 Å². The summed E-state index contributed by atoms with van der Waals surface area (Å²) >= 11 is 0. The van der Waals surface area contributed by atoms with Gasteiger partial charge in [0.2, 0.25) is 0 Å². The Morgan fingerprint density at radius 3 is 1.43 bits per heavy atom. The van der Waals surface area contributed by atoms with Crippen LogP contribution in [0.15, 0.2) is 237 Å². The van der Waals surface area contributed by atoms with Gasteiger partial charge in [-0.05, 0) is 137 Å². The molecule has 2 aliphatic heterocycles. The highest BCUT2D eigenvalue weighted by atomic mass is 16.5. The molecule has 352 valence electrons. The number of nitriles is 2. The Labute approximate surface area is 439 Å². The Bertz CT molecular complexity index is 4580. The minimum absolute atomic E-state index is 0.197. The molecule has 0 spiro atoms. The number of fused-ring (bicyclic) bond motifs is 10. The minimum Gasteiger partial charge on any atom is -0.458 e. The first-order valence-electron chi connectivity index (χ1n) is 25.6. The highest BCUT2D eigenvalue weighted by Gasteiger charge is 2.43. The van der Waals surface area contributed by atoms with Crippen LogP contribution in [-0.4, -0.2) is 15.8 Å². The maximum absolute atomic E-state index is 10.5. The summed E-state index contributed by atoms with van der Waals surface area (Å²) in [6.45, 7) is 1.95. The summed E-state index contributed by atoms with van der Waals surface area (Å²) < 4.78 is 11.9. The van der Waals surface area contributed by atoms with E-state index in [1.165, 1.54) is 21.5 Å². The van der Waals surface area contributed by atoms with Gasteiger partial charge in [-0.2, -0.15) is 10.5 Å². The molecule has 0 atom stereocenters. The van der Waals surface area contributed by atoms with E-state index in [2.05, 4.69) is 245 Å². The smallest absolute Gasteiger partial charge is 0.256 e. The predicted molar refractivity (Wildman–Crippen MR) is 311 cm³/mol. The van der Waals surface area contributed by atoms with Crippen LogP contribution in [0.3, 0.4) is 0 Å². The van der Waals surface area contributed by atoms with E-state index < -0.39 is 0 Å². The number of hydrogen-bond acceptors (Lipinski definition) is 4. The zero-order valence-electron chi connectivity index (χ0n) is 41.2. The molecule has 13 aromatic rings. The number of para-hydroxylation sites is 5. The fraction of sp³-hybridized carbons (Fsp3) is 0.0145. The Morgan fingerprint density at radius 2 is 0.868 bits per heavy atom. The molecule has 6 nitrogen and oxygen atoms in total. The lowest BCUT2D eigenvalue weighted by atomic mass is 9.34. The molecule has 7 heteroatoms. The van der Waals surface area contributed by atoms with Crippen molar-refractivity contribution >= 4 is 83.8 Å². The number of aryl methyl sites for hydroxylation is 1. The zero-order valence-corrected chi connectivity index (χ0v) is 41.2. The number of anilines is 3. The molecule has 4 heterocycles. The van der Waals surface area contributed by atoms with E-state index in [4.69, 9.17) is 4.74 Å². The number of nitrogens with zero attached hydrogens (tertiary/aromatic N) is 5. The molecule has 0 unspecified atom stereocenters. The number of hydrogen-bond donors (Lipinski definition) is 0. The Morgan fingerprint density at radius 1 is 0.368 bits per heavy atom. The second-order valence-corrected chi connectivity index (χ2v) is 19.9. The van der Waals surface area contributed by atoms with E-state index in [0.717, 1.165) is 117 Å². The van der Waals surface area contributed by atoms with Crippen LogP contribution in [-0.2, 0) is 0 Å².